The molecule has 3 rings (SSSR count). The summed E-state index contributed by atoms with van der Waals surface area (Å²) in [6, 6.07) is 0. The smallest absolute Gasteiger partial charge is 0.114 e. The monoisotopic (exact) mass is 245 g/mol. The highest BCUT2D eigenvalue weighted by atomic mass is 16.5. The quantitative estimate of drug-likeness (QED) is 0.865. The highest BCUT2D eigenvalue weighted by Gasteiger charge is 2.23. The molecule has 94 valence electrons. The summed E-state index contributed by atoms with van der Waals surface area (Å²) in [6.45, 7) is 3.34. The summed E-state index contributed by atoms with van der Waals surface area (Å²) in [5, 5.41) is 0. The molecule has 18 heavy (non-hydrogen) atoms. The van der Waals surface area contributed by atoms with Crippen molar-refractivity contribution in [3.63, 3.8) is 0 Å². The number of imidazole rings is 1. The van der Waals surface area contributed by atoms with E-state index in [1.165, 1.54) is 0 Å². The zero-order valence-corrected chi connectivity index (χ0v) is 9.99. The van der Waals surface area contributed by atoms with Crippen LogP contribution in [0.4, 0.5) is 0 Å². The zero-order chi connectivity index (χ0) is 12.2. The lowest BCUT2D eigenvalue weighted by molar-refractivity contribution is -0.0354. The first-order valence-corrected chi connectivity index (χ1v) is 5.99. The normalized spacial score (nSPS) is 21.0. The highest BCUT2D eigenvalue weighted by Crippen LogP contribution is 2.20. The predicted octanol–water partition coefficient (Wildman–Crippen LogP) is 0.773. The molecule has 2 aromatic heterocycles. The van der Waals surface area contributed by atoms with Gasteiger partial charge in [0.05, 0.1) is 24.8 Å². The van der Waals surface area contributed by atoms with Crippen molar-refractivity contribution in [1.82, 2.24) is 24.8 Å². The first-order valence-electron chi connectivity index (χ1n) is 5.99. The predicted molar refractivity (Wildman–Crippen MR) is 64.6 cm³/mol. The molecule has 1 aliphatic rings. The van der Waals surface area contributed by atoms with E-state index in [4.69, 9.17) is 4.74 Å². The Morgan fingerprint density at radius 2 is 2.33 bits per heavy atom. The Kier molecular flexibility index (Phi) is 3.29. The van der Waals surface area contributed by atoms with Crippen molar-refractivity contribution in [2.45, 2.75) is 12.6 Å². The van der Waals surface area contributed by atoms with Gasteiger partial charge in [-0.05, 0) is 0 Å². The number of morpholine rings is 1. The van der Waals surface area contributed by atoms with Crippen LogP contribution < -0.4 is 0 Å². The summed E-state index contributed by atoms with van der Waals surface area (Å²) in [4.78, 5) is 17.9. The number of aromatic nitrogens is 4. The Morgan fingerprint density at radius 3 is 3.11 bits per heavy atom. The molecule has 0 aliphatic carbocycles. The molecule has 1 aliphatic heterocycles. The molecule has 1 N–H and O–H groups in total. The summed E-state index contributed by atoms with van der Waals surface area (Å²) in [7, 11) is 0. The standard InChI is InChI=1S/C12H15N5O/c1-2-15-11(6-13-1)12-8-17(3-4-18-12)7-10-5-14-9-16-10/h1-2,5-6,9,12H,3-4,7-8H2,(H,14,16)/t12-/m1/s1. The average Bonchev–Trinajstić information content (AvgIpc) is 2.93. The van der Waals surface area contributed by atoms with Crippen LogP contribution in [0.5, 0.6) is 0 Å². The van der Waals surface area contributed by atoms with Crippen molar-refractivity contribution in [2.24, 2.45) is 0 Å². The summed E-state index contributed by atoms with van der Waals surface area (Å²) in [5.74, 6) is 0. The lowest BCUT2D eigenvalue weighted by Gasteiger charge is -2.32. The molecule has 3 heterocycles. The van der Waals surface area contributed by atoms with Crippen LogP contribution in [0, 0.1) is 0 Å². The number of aromatic amines is 1. The molecule has 0 spiro atoms. The molecular weight excluding hydrogens is 230 g/mol. The Morgan fingerprint density at radius 1 is 1.33 bits per heavy atom. The van der Waals surface area contributed by atoms with Crippen LogP contribution in [0.1, 0.15) is 17.5 Å². The third-order valence-corrected chi connectivity index (χ3v) is 3.01. The molecule has 0 radical (unpaired) electrons. The van der Waals surface area contributed by atoms with Crippen molar-refractivity contribution in [3.8, 4) is 0 Å². The van der Waals surface area contributed by atoms with E-state index in [-0.39, 0.29) is 6.10 Å². The van der Waals surface area contributed by atoms with E-state index in [9.17, 15) is 0 Å². The van der Waals surface area contributed by atoms with Gasteiger partial charge >= 0.3 is 0 Å². The number of nitrogens with zero attached hydrogens (tertiary/aromatic N) is 4. The zero-order valence-electron chi connectivity index (χ0n) is 9.99. The van der Waals surface area contributed by atoms with E-state index >= 15 is 0 Å². The molecule has 0 amide bonds. The van der Waals surface area contributed by atoms with E-state index < -0.39 is 0 Å². The lowest BCUT2D eigenvalue weighted by atomic mass is 10.2. The van der Waals surface area contributed by atoms with Gasteiger partial charge in [0.25, 0.3) is 0 Å². The van der Waals surface area contributed by atoms with E-state index in [0.717, 1.165) is 37.6 Å². The summed E-state index contributed by atoms with van der Waals surface area (Å²) in [6.07, 6.45) is 8.71. The number of hydrogen-bond acceptors (Lipinski definition) is 5. The fourth-order valence-electron chi connectivity index (χ4n) is 2.11. The number of hydrogen-bond donors (Lipinski definition) is 1. The first-order chi connectivity index (χ1) is 8.92. The molecule has 6 nitrogen and oxygen atoms in total. The van der Waals surface area contributed by atoms with Crippen LogP contribution in [0.3, 0.4) is 0 Å². The van der Waals surface area contributed by atoms with Gasteiger partial charge in [-0.25, -0.2) is 4.98 Å². The largest absolute Gasteiger partial charge is 0.369 e. The fourth-order valence-corrected chi connectivity index (χ4v) is 2.11. The van der Waals surface area contributed by atoms with Gasteiger partial charge in [0, 0.05) is 43.9 Å². The summed E-state index contributed by atoms with van der Waals surface area (Å²) in [5.41, 5.74) is 2.02. The van der Waals surface area contributed by atoms with E-state index in [1.54, 1.807) is 24.9 Å². The van der Waals surface area contributed by atoms with Crippen LogP contribution in [-0.2, 0) is 11.3 Å². The Balaban J connectivity index is 1.65. The molecule has 2 aromatic rings. The van der Waals surface area contributed by atoms with Gasteiger partial charge in [0.1, 0.15) is 6.10 Å². The maximum Gasteiger partial charge on any atom is 0.114 e. The average molecular weight is 245 g/mol. The maximum atomic E-state index is 5.74. The molecule has 0 saturated carbocycles. The van der Waals surface area contributed by atoms with Crippen molar-refractivity contribution in [3.05, 3.63) is 42.5 Å². The Bertz CT molecular complexity index is 472. The number of H-pyrrole nitrogens is 1. The second-order valence-corrected chi connectivity index (χ2v) is 4.30. The van der Waals surface area contributed by atoms with Gasteiger partial charge in [-0.2, -0.15) is 0 Å². The molecule has 6 heteroatoms. The molecule has 0 unspecified atom stereocenters. The van der Waals surface area contributed by atoms with Crippen molar-refractivity contribution < 1.29 is 4.74 Å². The number of ether oxygens (including phenoxy) is 1. The van der Waals surface area contributed by atoms with Crippen LogP contribution in [0.25, 0.3) is 0 Å². The van der Waals surface area contributed by atoms with Crippen molar-refractivity contribution >= 4 is 0 Å². The minimum atomic E-state index is 0.00960. The number of nitrogens with one attached hydrogen (secondary N) is 1. The van der Waals surface area contributed by atoms with Crippen LogP contribution in [0.15, 0.2) is 31.1 Å². The van der Waals surface area contributed by atoms with Crippen molar-refractivity contribution in [2.75, 3.05) is 19.7 Å². The minimum absolute atomic E-state index is 0.00960. The van der Waals surface area contributed by atoms with Crippen LogP contribution in [-0.4, -0.2) is 44.5 Å². The van der Waals surface area contributed by atoms with E-state index in [0.29, 0.717) is 0 Å². The molecule has 0 bridgehead atoms. The van der Waals surface area contributed by atoms with Crippen LogP contribution in [0.2, 0.25) is 0 Å². The fraction of sp³-hybridized carbons (Fsp3) is 0.417. The third-order valence-electron chi connectivity index (χ3n) is 3.01. The summed E-state index contributed by atoms with van der Waals surface area (Å²) >= 11 is 0. The highest BCUT2D eigenvalue weighted by molar-refractivity contribution is 5.02. The molecular formula is C12H15N5O. The van der Waals surface area contributed by atoms with Gasteiger partial charge in [-0.15, -0.1) is 0 Å². The molecule has 1 saturated heterocycles. The van der Waals surface area contributed by atoms with E-state index in [2.05, 4.69) is 24.8 Å². The lowest BCUT2D eigenvalue weighted by Crippen LogP contribution is -2.38. The number of rotatable bonds is 3. The maximum absolute atomic E-state index is 5.74. The minimum Gasteiger partial charge on any atom is -0.369 e. The van der Waals surface area contributed by atoms with Gasteiger partial charge in [-0.3, -0.25) is 14.9 Å². The van der Waals surface area contributed by atoms with Gasteiger partial charge in [-0.1, -0.05) is 0 Å². The Hall–Kier alpha value is -1.79. The first kappa shape index (κ1) is 11.3. The second kappa shape index (κ2) is 5.24. The topological polar surface area (TPSA) is 66.9 Å². The third kappa shape index (κ3) is 2.55. The SMILES string of the molecule is c1cnc([C@H]2CN(Cc3cnc[nH]3)CCO2)cn1. The summed E-state index contributed by atoms with van der Waals surface area (Å²) < 4.78 is 5.74. The van der Waals surface area contributed by atoms with Crippen molar-refractivity contribution in [1.29, 1.82) is 0 Å². The second-order valence-electron chi connectivity index (χ2n) is 4.30. The van der Waals surface area contributed by atoms with Gasteiger partial charge in [0.15, 0.2) is 0 Å². The molecule has 1 fully saturated rings. The Labute approximate surface area is 105 Å². The van der Waals surface area contributed by atoms with E-state index in [1.807, 2.05) is 6.20 Å². The van der Waals surface area contributed by atoms with Gasteiger partial charge < -0.3 is 9.72 Å². The molecule has 0 aromatic carbocycles. The van der Waals surface area contributed by atoms with Gasteiger partial charge in [0.2, 0.25) is 0 Å². The van der Waals surface area contributed by atoms with Crippen LogP contribution >= 0.6 is 0 Å². The molecule has 1 atom stereocenters.